The minimum atomic E-state index is -3.40. The summed E-state index contributed by atoms with van der Waals surface area (Å²) in [5.74, 6) is 1.43. The molecule has 3 N–H and O–H groups in total. The highest BCUT2D eigenvalue weighted by Gasteiger charge is 2.15. The first-order valence-electron chi connectivity index (χ1n) is 10.4. The van der Waals surface area contributed by atoms with Crippen LogP contribution < -0.4 is 20.1 Å². The molecule has 0 aliphatic rings. The molecule has 0 radical (unpaired) electrons. The van der Waals surface area contributed by atoms with Gasteiger partial charge in [-0.25, -0.2) is 13.1 Å². The van der Waals surface area contributed by atoms with E-state index in [0.717, 1.165) is 22.4 Å². The number of rotatable bonds is 10. The van der Waals surface area contributed by atoms with E-state index in [9.17, 15) is 8.42 Å². The molecule has 0 spiro atoms. The Morgan fingerprint density at radius 3 is 2.29 bits per heavy atom. The van der Waals surface area contributed by atoms with Crippen molar-refractivity contribution in [2.45, 2.75) is 52.1 Å². The van der Waals surface area contributed by atoms with Gasteiger partial charge < -0.3 is 15.4 Å². The highest BCUT2D eigenvalue weighted by atomic mass is 32.2. The van der Waals surface area contributed by atoms with Crippen molar-refractivity contribution in [3.63, 3.8) is 0 Å². The molecule has 0 heterocycles. The molecule has 2 aromatic carbocycles. The molecule has 0 saturated heterocycles. The quantitative estimate of drug-likeness (QED) is 0.386. The second-order valence-electron chi connectivity index (χ2n) is 7.80. The van der Waals surface area contributed by atoms with Crippen LogP contribution in [0.4, 0.5) is 0 Å². The normalized spacial score (nSPS) is 13.2. The predicted octanol–water partition coefficient (Wildman–Crippen LogP) is 2.96. The van der Waals surface area contributed by atoms with Crippen molar-refractivity contribution in [3.05, 3.63) is 65.2 Å². The SMILES string of the molecule is CN=C(NCc1ccccc1CS(=O)(=O)NC(C)C)NCC(C)Oc1ccccc1C. The van der Waals surface area contributed by atoms with Crippen LogP contribution >= 0.6 is 0 Å². The lowest BCUT2D eigenvalue weighted by Crippen LogP contribution is -2.41. The Labute approximate surface area is 186 Å². The highest BCUT2D eigenvalue weighted by Crippen LogP contribution is 2.17. The van der Waals surface area contributed by atoms with Crippen LogP contribution in [0.25, 0.3) is 0 Å². The third kappa shape index (κ3) is 8.59. The molecular formula is C23H34N4O3S. The van der Waals surface area contributed by atoms with Gasteiger partial charge in [0.05, 0.1) is 12.3 Å². The predicted molar refractivity (Wildman–Crippen MR) is 127 cm³/mol. The summed E-state index contributed by atoms with van der Waals surface area (Å²) >= 11 is 0. The fourth-order valence-electron chi connectivity index (χ4n) is 3.06. The summed E-state index contributed by atoms with van der Waals surface area (Å²) in [5.41, 5.74) is 2.76. The lowest BCUT2D eigenvalue weighted by molar-refractivity contribution is 0.222. The number of ether oxygens (including phenoxy) is 1. The minimum Gasteiger partial charge on any atom is -0.489 e. The van der Waals surface area contributed by atoms with Crippen LogP contribution in [0.3, 0.4) is 0 Å². The Hall–Kier alpha value is -2.58. The zero-order valence-corrected chi connectivity index (χ0v) is 19.8. The first-order chi connectivity index (χ1) is 14.7. The Kier molecular flexibility index (Phi) is 9.33. The molecule has 0 amide bonds. The van der Waals surface area contributed by atoms with Crippen LogP contribution in [-0.4, -0.2) is 40.1 Å². The Morgan fingerprint density at radius 1 is 1.00 bits per heavy atom. The largest absolute Gasteiger partial charge is 0.489 e. The molecule has 8 heteroatoms. The summed E-state index contributed by atoms with van der Waals surface area (Å²) in [6.07, 6.45) is -0.0563. The van der Waals surface area contributed by atoms with Gasteiger partial charge >= 0.3 is 0 Å². The summed E-state index contributed by atoms with van der Waals surface area (Å²) in [4.78, 5) is 4.25. The van der Waals surface area contributed by atoms with E-state index in [0.29, 0.717) is 19.0 Å². The number of aryl methyl sites for hydroxylation is 1. The fraction of sp³-hybridized carbons (Fsp3) is 0.435. The third-order valence-corrected chi connectivity index (χ3v) is 6.05. The number of para-hydroxylation sites is 1. The topological polar surface area (TPSA) is 91.8 Å². The van der Waals surface area contributed by atoms with Gasteiger partial charge in [0.25, 0.3) is 0 Å². The monoisotopic (exact) mass is 446 g/mol. The van der Waals surface area contributed by atoms with Crippen LogP contribution in [0.2, 0.25) is 0 Å². The third-order valence-electron chi connectivity index (χ3n) is 4.53. The summed E-state index contributed by atoms with van der Waals surface area (Å²) in [6, 6.07) is 15.3. The average Bonchev–Trinajstić information content (AvgIpc) is 2.69. The van der Waals surface area contributed by atoms with Gasteiger partial charge in [-0.1, -0.05) is 42.5 Å². The van der Waals surface area contributed by atoms with Crippen molar-refractivity contribution in [2.24, 2.45) is 4.99 Å². The lowest BCUT2D eigenvalue weighted by atomic mass is 10.1. The molecule has 170 valence electrons. The standard InChI is InChI=1S/C23H34N4O3S/c1-17(2)27-31(28,29)16-21-12-8-7-11-20(21)15-26-23(24-5)25-14-19(4)30-22-13-9-6-10-18(22)3/h6-13,17,19,27H,14-16H2,1-5H3,(H2,24,25,26). The first kappa shape index (κ1) is 24.7. The van der Waals surface area contributed by atoms with Crippen molar-refractivity contribution in [2.75, 3.05) is 13.6 Å². The lowest BCUT2D eigenvalue weighted by Gasteiger charge is -2.19. The summed E-state index contributed by atoms with van der Waals surface area (Å²) in [7, 11) is -1.70. The van der Waals surface area contributed by atoms with Crippen molar-refractivity contribution in [1.82, 2.24) is 15.4 Å². The van der Waals surface area contributed by atoms with Crippen LogP contribution in [-0.2, 0) is 22.3 Å². The number of benzene rings is 2. The van der Waals surface area contributed by atoms with Crippen molar-refractivity contribution >= 4 is 16.0 Å². The van der Waals surface area contributed by atoms with E-state index in [4.69, 9.17) is 4.74 Å². The van der Waals surface area contributed by atoms with Gasteiger partial charge in [0.2, 0.25) is 10.0 Å². The minimum absolute atomic E-state index is 0.0563. The molecule has 2 rings (SSSR count). The number of nitrogens with one attached hydrogen (secondary N) is 3. The number of sulfonamides is 1. The maximum Gasteiger partial charge on any atom is 0.216 e. The van der Waals surface area contributed by atoms with Crippen LogP contribution in [0, 0.1) is 6.92 Å². The van der Waals surface area contributed by atoms with Gasteiger partial charge in [0, 0.05) is 19.6 Å². The van der Waals surface area contributed by atoms with Crippen molar-refractivity contribution in [1.29, 1.82) is 0 Å². The average molecular weight is 447 g/mol. The van der Waals surface area contributed by atoms with E-state index in [1.165, 1.54) is 0 Å². The molecule has 0 aliphatic carbocycles. The molecular weight excluding hydrogens is 412 g/mol. The van der Waals surface area contributed by atoms with Crippen molar-refractivity contribution < 1.29 is 13.2 Å². The second-order valence-corrected chi connectivity index (χ2v) is 9.55. The summed E-state index contributed by atoms with van der Waals surface area (Å²) in [5, 5.41) is 6.51. The Morgan fingerprint density at radius 2 is 1.65 bits per heavy atom. The van der Waals surface area contributed by atoms with E-state index >= 15 is 0 Å². The summed E-state index contributed by atoms with van der Waals surface area (Å²) < 4.78 is 33.3. The Balaban J connectivity index is 1.92. The number of guanidine groups is 1. The molecule has 31 heavy (non-hydrogen) atoms. The molecule has 1 unspecified atom stereocenters. The maximum absolute atomic E-state index is 12.3. The van der Waals surface area contributed by atoms with Gasteiger partial charge in [-0.15, -0.1) is 0 Å². The smallest absolute Gasteiger partial charge is 0.216 e. The Bertz CT molecular complexity index is 974. The number of hydrogen-bond acceptors (Lipinski definition) is 4. The highest BCUT2D eigenvalue weighted by molar-refractivity contribution is 7.88. The van der Waals surface area contributed by atoms with Crippen LogP contribution in [0.1, 0.15) is 37.5 Å². The zero-order chi connectivity index (χ0) is 22.9. The first-order valence-corrected chi connectivity index (χ1v) is 12.1. The van der Waals surface area contributed by atoms with Gasteiger partial charge in [-0.05, 0) is 50.5 Å². The van der Waals surface area contributed by atoms with E-state index in [-0.39, 0.29) is 17.9 Å². The number of hydrogen-bond donors (Lipinski definition) is 3. The summed E-state index contributed by atoms with van der Waals surface area (Å²) in [6.45, 7) is 8.66. The fourth-order valence-corrected chi connectivity index (χ4v) is 4.56. The molecule has 0 aliphatic heterocycles. The molecule has 0 fully saturated rings. The molecule has 1 atom stereocenters. The molecule has 7 nitrogen and oxygen atoms in total. The van der Waals surface area contributed by atoms with Crippen LogP contribution in [0.15, 0.2) is 53.5 Å². The van der Waals surface area contributed by atoms with Gasteiger partial charge in [0.1, 0.15) is 11.9 Å². The maximum atomic E-state index is 12.3. The second kappa shape index (κ2) is 11.7. The number of aliphatic imine (C=N–C) groups is 1. The van der Waals surface area contributed by atoms with E-state index in [1.54, 1.807) is 7.05 Å². The van der Waals surface area contributed by atoms with E-state index in [2.05, 4.69) is 20.3 Å². The van der Waals surface area contributed by atoms with Crippen LogP contribution in [0.5, 0.6) is 5.75 Å². The molecule has 2 aromatic rings. The molecule has 0 saturated carbocycles. The molecule has 0 bridgehead atoms. The zero-order valence-electron chi connectivity index (χ0n) is 19.0. The van der Waals surface area contributed by atoms with Gasteiger partial charge in [-0.2, -0.15) is 0 Å². The van der Waals surface area contributed by atoms with E-state index in [1.807, 2.05) is 76.2 Å². The number of nitrogens with zero attached hydrogens (tertiary/aromatic N) is 1. The molecule has 0 aromatic heterocycles. The van der Waals surface area contributed by atoms with Crippen molar-refractivity contribution in [3.8, 4) is 5.75 Å². The van der Waals surface area contributed by atoms with E-state index < -0.39 is 10.0 Å². The van der Waals surface area contributed by atoms with Gasteiger partial charge in [-0.3, -0.25) is 4.99 Å². The van der Waals surface area contributed by atoms with Gasteiger partial charge in [0.15, 0.2) is 5.96 Å².